The number of amides is 2. The first-order valence-electron chi connectivity index (χ1n) is 9.92. The smallest absolute Gasteiger partial charge is 0.317 e. The Labute approximate surface area is 175 Å². The molecule has 2 amide bonds. The van der Waals surface area contributed by atoms with Gasteiger partial charge < -0.3 is 15.1 Å². The fourth-order valence-electron chi connectivity index (χ4n) is 3.43. The highest BCUT2D eigenvalue weighted by molar-refractivity contribution is 5.94. The van der Waals surface area contributed by atoms with Crippen molar-refractivity contribution in [3.8, 4) is 5.82 Å². The molecule has 1 fully saturated rings. The van der Waals surface area contributed by atoms with Crippen LogP contribution in [0.4, 0.5) is 10.5 Å². The third-order valence-electron chi connectivity index (χ3n) is 5.23. The van der Waals surface area contributed by atoms with Crippen LogP contribution < -0.4 is 10.2 Å². The van der Waals surface area contributed by atoms with E-state index in [1.807, 2.05) is 52.1 Å². The molecule has 0 saturated carbocycles. The predicted molar refractivity (Wildman–Crippen MR) is 114 cm³/mol. The minimum absolute atomic E-state index is 0.0645. The molecule has 0 bridgehead atoms. The normalized spacial score (nSPS) is 13.9. The quantitative estimate of drug-likeness (QED) is 0.661. The van der Waals surface area contributed by atoms with Crippen LogP contribution in [0.1, 0.15) is 22.8 Å². The number of anilines is 1. The second-order valence-corrected chi connectivity index (χ2v) is 7.23. The van der Waals surface area contributed by atoms with Crippen molar-refractivity contribution in [2.24, 2.45) is 0 Å². The molecule has 1 aromatic carbocycles. The molecule has 3 aromatic rings. The Morgan fingerprint density at radius 1 is 1.03 bits per heavy atom. The Bertz CT molecular complexity index is 991. The van der Waals surface area contributed by atoms with E-state index in [0.29, 0.717) is 25.2 Å². The Morgan fingerprint density at radius 2 is 1.80 bits per heavy atom. The summed E-state index contributed by atoms with van der Waals surface area (Å²) in [5, 5.41) is 2.97. The highest BCUT2D eigenvalue weighted by Gasteiger charge is 2.21. The van der Waals surface area contributed by atoms with Crippen molar-refractivity contribution in [3.05, 3.63) is 72.4 Å². The topological polar surface area (TPSA) is 83.4 Å². The number of urea groups is 1. The summed E-state index contributed by atoms with van der Waals surface area (Å²) >= 11 is 0. The fourth-order valence-corrected chi connectivity index (χ4v) is 3.43. The largest absolute Gasteiger partial charge is 0.368 e. The number of carbonyl (C=O) groups excluding carboxylic acids is 2. The van der Waals surface area contributed by atoms with Crippen LogP contribution in [0, 0.1) is 0 Å². The van der Waals surface area contributed by atoms with Crippen molar-refractivity contribution in [1.29, 1.82) is 0 Å². The van der Waals surface area contributed by atoms with Gasteiger partial charge in [-0.1, -0.05) is 6.07 Å². The molecule has 0 aliphatic carbocycles. The average molecular weight is 404 g/mol. The van der Waals surface area contributed by atoms with E-state index in [0.717, 1.165) is 30.2 Å². The lowest BCUT2D eigenvalue weighted by atomic mass is 10.1. The summed E-state index contributed by atoms with van der Waals surface area (Å²) in [6.07, 6.45) is 7.00. The van der Waals surface area contributed by atoms with E-state index >= 15 is 0 Å². The summed E-state index contributed by atoms with van der Waals surface area (Å²) in [4.78, 5) is 36.4. The number of rotatable bonds is 5. The zero-order chi connectivity index (χ0) is 20.9. The zero-order valence-electron chi connectivity index (χ0n) is 16.9. The van der Waals surface area contributed by atoms with Crippen molar-refractivity contribution < 1.29 is 9.59 Å². The Morgan fingerprint density at radius 3 is 2.40 bits per heavy atom. The third-order valence-corrected chi connectivity index (χ3v) is 5.23. The SMILES string of the molecule is CC(=O)c1ccc(N2CCN(C(=O)NCc3ccc(-n4ccnc4)nc3)CC2)cc1. The second-order valence-electron chi connectivity index (χ2n) is 7.23. The molecule has 0 unspecified atom stereocenters. The maximum Gasteiger partial charge on any atom is 0.317 e. The first-order chi connectivity index (χ1) is 14.6. The van der Waals surface area contributed by atoms with E-state index in [9.17, 15) is 9.59 Å². The van der Waals surface area contributed by atoms with E-state index in [-0.39, 0.29) is 11.8 Å². The number of Topliss-reactive ketones (excluding diaryl/α,β-unsaturated/α-hetero) is 1. The number of piperazine rings is 1. The minimum atomic E-state index is -0.0692. The van der Waals surface area contributed by atoms with Gasteiger partial charge in [-0.05, 0) is 42.8 Å². The monoisotopic (exact) mass is 404 g/mol. The van der Waals surface area contributed by atoms with Crippen LogP contribution in [0.5, 0.6) is 0 Å². The van der Waals surface area contributed by atoms with Crippen LogP contribution >= 0.6 is 0 Å². The number of carbonyl (C=O) groups is 2. The lowest BCUT2D eigenvalue weighted by Crippen LogP contribution is -2.51. The molecule has 30 heavy (non-hydrogen) atoms. The summed E-state index contributed by atoms with van der Waals surface area (Å²) < 4.78 is 1.83. The third kappa shape index (κ3) is 4.48. The summed E-state index contributed by atoms with van der Waals surface area (Å²) in [6, 6.07) is 11.4. The molecule has 3 heterocycles. The number of imidazole rings is 1. The molecule has 1 aliphatic rings. The van der Waals surface area contributed by atoms with Gasteiger partial charge in [0.25, 0.3) is 0 Å². The van der Waals surface area contributed by atoms with Crippen LogP contribution in [-0.4, -0.2) is 57.4 Å². The van der Waals surface area contributed by atoms with Crippen molar-refractivity contribution >= 4 is 17.5 Å². The predicted octanol–water partition coefficient (Wildman–Crippen LogP) is 2.50. The van der Waals surface area contributed by atoms with Crippen LogP contribution in [-0.2, 0) is 6.54 Å². The second kappa shape index (κ2) is 8.77. The Kier molecular flexibility index (Phi) is 5.74. The van der Waals surface area contributed by atoms with Gasteiger partial charge in [-0.3, -0.25) is 9.36 Å². The van der Waals surface area contributed by atoms with Crippen molar-refractivity contribution in [3.63, 3.8) is 0 Å². The Hall–Kier alpha value is -3.68. The van der Waals surface area contributed by atoms with Gasteiger partial charge in [0.15, 0.2) is 5.78 Å². The lowest BCUT2D eigenvalue weighted by Gasteiger charge is -2.36. The zero-order valence-corrected chi connectivity index (χ0v) is 16.9. The first kappa shape index (κ1) is 19.6. The highest BCUT2D eigenvalue weighted by atomic mass is 16.2. The van der Waals surface area contributed by atoms with E-state index < -0.39 is 0 Å². The maximum absolute atomic E-state index is 12.5. The molecular formula is C22H24N6O2. The van der Waals surface area contributed by atoms with Gasteiger partial charge in [-0.25, -0.2) is 14.8 Å². The van der Waals surface area contributed by atoms with Crippen LogP contribution in [0.3, 0.4) is 0 Å². The number of hydrogen-bond donors (Lipinski definition) is 1. The molecule has 2 aromatic heterocycles. The number of hydrogen-bond acceptors (Lipinski definition) is 5. The van der Waals surface area contributed by atoms with E-state index in [1.54, 1.807) is 25.6 Å². The van der Waals surface area contributed by atoms with Gasteiger partial charge in [0.05, 0.1) is 0 Å². The maximum atomic E-state index is 12.5. The minimum Gasteiger partial charge on any atom is -0.368 e. The molecule has 1 saturated heterocycles. The highest BCUT2D eigenvalue weighted by Crippen LogP contribution is 2.18. The van der Waals surface area contributed by atoms with Crippen LogP contribution in [0.15, 0.2) is 61.3 Å². The van der Waals surface area contributed by atoms with Crippen LogP contribution in [0.25, 0.3) is 5.82 Å². The molecule has 0 radical (unpaired) electrons. The Balaban J connectivity index is 1.25. The van der Waals surface area contributed by atoms with Crippen LogP contribution in [0.2, 0.25) is 0 Å². The molecule has 154 valence electrons. The summed E-state index contributed by atoms with van der Waals surface area (Å²) in [7, 11) is 0. The summed E-state index contributed by atoms with van der Waals surface area (Å²) in [5.74, 6) is 0.852. The number of nitrogens with zero attached hydrogens (tertiary/aromatic N) is 5. The van der Waals surface area contributed by atoms with Gasteiger partial charge in [0.2, 0.25) is 0 Å². The van der Waals surface area contributed by atoms with Gasteiger partial charge in [0, 0.05) is 62.6 Å². The molecule has 4 rings (SSSR count). The number of nitrogens with one attached hydrogen (secondary N) is 1. The summed E-state index contributed by atoms with van der Waals surface area (Å²) in [6.45, 7) is 4.82. The molecule has 8 heteroatoms. The molecular weight excluding hydrogens is 380 g/mol. The molecule has 8 nitrogen and oxygen atoms in total. The summed E-state index contributed by atoms with van der Waals surface area (Å²) in [5.41, 5.74) is 2.73. The number of benzene rings is 1. The van der Waals surface area contributed by atoms with Gasteiger partial charge in [-0.15, -0.1) is 0 Å². The molecule has 0 atom stereocenters. The average Bonchev–Trinajstić information content (AvgIpc) is 3.33. The van der Waals surface area contributed by atoms with Crippen molar-refractivity contribution in [2.45, 2.75) is 13.5 Å². The van der Waals surface area contributed by atoms with Crippen molar-refractivity contribution in [2.75, 3.05) is 31.1 Å². The van der Waals surface area contributed by atoms with E-state index in [2.05, 4.69) is 20.2 Å². The molecule has 1 N–H and O–H groups in total. The van der Waals surface area contributed by atoms with Crippen molar-refractivity contribution in [1.82, 2.24) is 24.8 Å². The number of aromatic nitrogens is 3. The number of pyridine rings is 1. The fraction of sp³-hybridized carbons (Fsp3) is 0.273. The standard InChI is InChI=1S/C22H24N6O2/c1-17(29)19-3-5-20(6-4-19)26-10-12-27(13-11-26)22(30)25-15-18-2-7-21(24-14-18)28-9-8-23-16-28/h2-9,14,16H,10-13,15H2,1H3,(H,25,30). The lowest BCUT2D eigenvalue weighted by molar-refractivity contribution is 0.101. The molecule has 1 aliphatic heterocycles. The van der Waals surface area contributed by atoms with E-state index in [4.69, 9.17) is 0 Å². The van der Waals surface area contributed by atoms with Gasteiger partial charge in [0.1, 0.15) is 12.1 Å². The van der Waals surface area contributed by atoms with Gasteiger partial charge >= 0.3 is 6.03 Å². The van der Waals surface area contributed by atoms with Gasteiger partial charge in [-0.2, -0.15) is 0 Å². The first-order valence-corrected chi connectivity index (χ1v) is 9.92. The molecule has 0 spiro atoms. The van der Waals surface area contributed by atoms with E-state index in [1.165, 1.54) is 0 Å². The number of ketones is 1.